The molecular formula is C30H27N5O3. The number of primary amides is 1. The third kappa shape index (κ3) is 4.26. The molecule has 5 rings (SSSR count). The Kier molecular flexibility index (Phi) is 6.16. The number of amides is 4. The van der Waals surface area contributed by atoms with Crippen LogP contribution >= 0.6 is 0 Å². The smallest absolute Gasteiger partial charge is 0.328 e. The fourth-order valence-electron chi connectivity index (χ4n) is 4.93. The summed E-state index contributed by atoms with van der Waals surface area (Å²) in [4.78, 5) is 42.5. The van der Waals surface area contributed by atoms with Gasteiger partial charge in [0.1, 0.15) is 11.4 Å². The maximum absolute atomic E-state index is 14.0. The number of nitrogen functional groups attached to an aromatic ring is 1. The van der Waals surface area contributed by atoms with Crippen molar-refractivity contribution >= 4 is 34.5 Å². The molecule has 4 aromatic carbocycles. The van der Waals surface area contributed by atoms with Crippen LogP contribution in [0.2, 0.25) is 0 Å². The summed E-state index contributed by atoms with van der Waals surface area (Å²) in [5, 5.41) is 9.53. The lowest BCUT2D eigenvalue weighted by atomic mass is 9.88. The maximum Gasteiger partial charge on any atom is 0.328 e. The van der Waals surface area contributed by atoms with Crippen molar-refractivity contribution in [3.8, 4) is 0 Å². The van der Waals surface area contributed by atoms with E-state index in [1.165, 1.54) is 4.90 Å². The summed E-state index contributed by atoms with van der Waals surface area (Å²) in [6, 6.07) is 26.7. The molecule has 1 atom stereocenters. The van der Waals surface area contributed by atoms with Gasteiger partial charge in [0.25, 0.3) is 5.91 Å². The molecule has 0 spiro atoms. The van der Waals surface area contributed by atoms with Crippen LogP contribution in [-0.4, -0.2) is 33.5 Å². The van der Waals surface area contributed by atoms with Crippen LogP contribution in [0.5, 0.6) is 0 Å². The molecule has 0 aromatic heterocycles. The number of nitrogens with two attached hydrogens (primary N) is 2. The van der Waals surface area contributed by atoms with Crippen LogP contribution in [-0.2, 0) is 23.4 Å². The standard InChI is InChI=1S/C30H27N5O3/c1-30(25-9-5-8-23(16-25)27(33)36)28(37)34(29(38)35(30)18-19-6-3-2-4-7-19)17-20-10-11-21-12-13-22(26(31)32)15-24(21)14-20/h2-16H,17-18H2,1H3,(H3,31,32)(H2,33,36). The lowest BCUT2D eigenvalue weighted by Crippen LogP contribution is -2.44. The summed E-state index contributed by atoms with van der Waals surface area (Å²) in [7, 11) is 0. The van der Waals surface area contributed by atoms with E-state index < -0.39 is 23.4 Å². The second-order valence-electron chi connectivity index (χ2n) is 9.57. The van der Waals surface area contributed by atoms with E-state index in [-0.39, 0.29) is 24.5 Å². The van der Waals surface area contributed by atoms with Crippen molar-refractivity contribution in [1.82, 2.24) is 9.80 Å². The first-order chi connectivity index (χ1) is 18.2. The normalized spacial score (nSPS) is 17.3. The van der Waals surface area contributed by atoms with Gasteiger partial charge in [0.2, 0.25) is 5.91 Å². The Bertz CT molecular complexity index is 1600. The van der Waals surface area contributed by atoms with Gasteiger partial charge in [-0.05, 0) is 58.7 Å². The van der Waals surface area contributed by atoms with E-state index in [4.69, 9.17) is 16.9 Å². The number of fused-ring (bicyclic) bond motifs is 1. The molecule has 1 fully saturated rings. The molecule has 8 nitrogen and oxygen atoms in total. The van der Waals surface area contributed by atoms with E-state index >= 15 is 0 Å². The van der Waals surface area contributed by atoms with Crippen LogP contribution in [0.4, 0.5) is 4.79 Å². The Morgan fingerprint density at radius 2 is 1.53 bits per heavy atom. The Balaban J connectivity index is 1.55. The highest BCUT2D eigenvalue weighted by atomic mass is 16.2. The minimum atomic E-state index is -1.35. The quantitative estimate of drug-likeness (QED) is 0.198. The van der Waals surface area contributed by atoms with Crippen LogP contribution in [0, 0.1) is 5.41 Å². The van der Waals surface area contributed by atoms with Crippen molar-refractivity contribution in [3.63, 3.8) is 0 Å². The average molecular weight is 506 g/mol. The summed E-state index contributed by atoms with van der Waals surface area (Å²) < 4.78 is 0. The van der Waals surface area contributed by atoms with Crippen LogP contribution in [0.25, 0.3) is 10.8 Å². The highest BCUT2D eigenvalue weighted by Gasteiger charge is 2.55. The molecule has 0 saturated carbocycles. The minimum absolute atomic E-state index is 0.0345. The van der Waals surface area contributed by atoms with E-state index in [1.807, 2.05) is 60.7 Å². The van der Waals surface area contributed by atoms with Gasteiger partial charge in [0.15, 0.2) is 0 Å². The fraction of sp³-hybridized carbons (Fsp3) is 0.133. The molecular weight excluding hydrogens is 478 g/mol. The van der Waals surface area contributed by atoms with Gasteiger partial charge in [-0.15, -0.1) is 0 Å². The SMILES string of the molecule is CC1(c2cccc(C(N)=O)c2)C(=O)N(Cc2ccc3ccc(C(=N)N)cc3c2)C(=O)N1Cc1ccccc1. The largest absolute Gasteiger partial charge is 0.384 e. The number of amidine groups is 1. The van der Waals surface area contributed by atoms with Gasteiger partial charge in [0.05, 0.1) is 6.54 Å². The molecule has 0 radical (unpaired) electrons. The van der Waals surface area contributed by atoms with E-state index in [9.17, 15) is 14.4 Å². The highest BCUT2D eigenvalue weighted by molar-refractivity contribution is 6.07. The molecule has 8 heteroatoms. The predicted octanol–water partition coefficient (Wildman–Crippen LogP) is 4.10. The lowest BCUT2D eigenvalue weighted by molar-refractivity contribution is -0.133. The molecule has 190 valence electrons. The third-order valence-corrected chi connectivity index (χ3v) is 7.11. The van der Waals surface area contributed by atoms with Crippen LogP contribution in [0.3, 0.4) is 0 Å². The van der Waals surface area contributed by atoms with E-state index in [2.05, 4.69) is 0 Å². The van der Waals surface area contributed by atoms with Gasteiger partial charge < -0.3 is 16.4 Å². The molecule has 1 aliphatic rings. The monoisotopic (exact) mass is 505 g/mol. The number of hydrogen-bond donors (Lipinski definition) is 3. The second-order valence-corrected chi connectivity index (χ2v) is 9.57. The van der Waals surface area contributed by atoms with Gasteiger partial charge >= 0.3 is 6.03 Å². The molecule has 4 aromatic rings. The molecule has 0 bridgehead atoms. The molecule has 1 saturated heterocycles. The zero-order valence-electron chi connectivity index (χ0n) is 20.8. The van der Waals surface area contributed by atoms with Crippen LogP contribution in [0.1, 0.15) is 39.5 Å². The molecule has 5 N–H and O–H groups in total. The number of carbonyl (C=O) groups is 3. The van der Waals surface area contributed by atoms with Crippen molar-refractivity contribution < 1.29 is 14.4 Å². The molecule has 0 aliphatic carbocycles. The number of hydrogen-bond acceptors (Lipinski definition) is 4. The predicted molar refractivity (Wildman–Crippen MR) is 145 cm³/mol. The number of nitrogens with zero attached hydrogens (tertiary/aromatic N) is 2. The Hall–Kier alpha value is -4.98. The second kappa shape index (κ2) is 9.48. The molecule has 38 heavy (non-hydrogen) atoms. The van der Waals surface area contributed by atoms with Crippen LogP contribution < -0.4 is 11.5 Å². The number of nitrogens with one attached hydrogen (secondary N) is 1. The maximum atomic E-state index is 14.0. The van der Waals surface area contributed by atoms with Gasteiger partial charge in [-0.3, -0.25) is 19.9 Å². The first kappa shape index (κ1) is 24.7. The number of carbonyl (C=O) groups excluding carboxylic acids is 3. The summed E-state index contributed by atoms with van der Waals surface area (Å²) in [6.45, 7) is 1.98. The summed E-state index contributed by atoms with van der Waals surface area (Å²) in [5.74, 6) is -1.04. The van der Waals surface area contributed by atoms with Crippen LogP contribution in [0.15, 0.2) is 91.0 Å². The summed E-state index contributed by atoms with van der Waals surface area (Å²) >= 11 is 0. The molecule has 1 unspecified atom stereocenters. The minimum Gasteiger partial charge on any atom is -0.384 e. The molecule has 1 aliphatic heterocycles. The van der Waals surface area contributed by atoms with Gasteiger partial charge in [-0.25, -0.2) is 4.79 Å². The Morgan fingerprint density at radius 1 is 0.789 bits per heavy atom. The third-order valence-electron chi connectivity index (χ3n) is 7.11. The Morgan fingerprint density at radius 3 is 2.24 bits per heavy atom. The molecule has 1 heterocycles. The van der Waals surface area contributed by atoms with Crippen molar-refractivity contribution in [2.75, 3.05) is 0 Å². The van der Waals surface area contributed by atoms with Gasteiger partial charge in [-0.1, -0.05) is 66.7 Å². The summed E-state index contributed by atoms with van der Waals surface area (Å²) in [5.41, 5.74) is 12.8. The average Bonchev–Trinajstić information content (AvgIpc) is 3.10. The van der Waals surface area contributed by atoms with E-state index in [0.717, 1.165) is 21.9 Å². The first-order valence-corrected chi connectivity index (χ1v) is 12.1. The topological polar surface area (TPSA) is 134 Å². The number of rotatable bonds is 7. The number of benzene rings is 4. The van der Waals surface area contributed by atoms with Crippen molar-refractivity contribution in [1.29, 1.82) is 5.41 Å². The lowest BCUT2D eigenvalue weighted by Gasteiger charge is -2.32. The van der Waals surface area contributed by atoms with Crippen molar-refractivity contribution in [3.05, 3.63) is 119 Å². The number of imide groups is 1. The van der Waals surface area contributed by atoms with E-state index in [1.54, 1.807) is 42.2 Å². The zero-order valence-corrected chi connectivity index (χ0v) is 20.8. The van der Waals surface area contributed by atoms with Crippen molar-refractivity contribution in [2.45, 2.75) is 25.6 Å². The Labute approximate surface area is 220 Å². The first-order valence-electron chi connectivity index (χ1n) is 12.1. The van der Waals surface area contributed by atoms with E-state index in [0.29, 0.717) is 11.1 Å². The zero-order chi connectivity index (χ0) is 27.0. The summed E-state index contributed by atoms with van der Waals surface area (Å²) in [6.07, 6.45) is 0. The van der Waals surface area contributed by atoms with Gasteiger partial charge in [0, 0.05) is 17.7 Å². The van der Waals surface area contributed by atoms with Gasteiger partial charge in [-0.2, -0.15) is 0 Å². The number of urea groups is 1. The highest BCUT2D eigenvalue weighted by Crippen LogP contribution is 2.39. The molecule has 4 amide bonds. The van der Waals surface area contributed by atoms with Crippen molar-refractivity contribution in [2.24, 2.45) is 11.5 Å². The fourth-order valence-corrected chi connectivity index (χ4v) is 4.93.